The first-order chi connectivity index (χ1) is 6.72. The molecule has 0 aliphatic rings. The highest BCUT2D eigenvalue weighted by Crippen LogP contribution is 2.08. The molecule has 1 aromatic rings. The highest BCUT2D eigenvalue weighted by Gasteiger charge is 2.01. The van der Waals surface area contributed by atoms with Crippen molar-refractivity contribution >= 4 is 27.7 Å². The molecule has 1 aromatic heterocycles. The minimum Gasteiger partial charge on any atom is -0.465 e. The third-order valence-electron chi connectivity index (χ3n) is 1.35. The number of nitrogens with zero attached hydrogens (tertiary/aromatic N) is 2. The number of rotatable bonds is 4. The molecular formula is C8H10BrN3O2. The highest BCUT2D eigenvalue weighted by atomic mass is 79.9. The van der Waals surface area contributed by atoms with Crippen LogP contribution in [0, 0.1) is 0 Å². The summed E-state index contributed by atoms with van der Waals surface area (Å²) in [4.78, 5) is 18.7. The average molecular weight is 260 g/mol. The number of ether oxygens (including phenoxy) is 1. The number of carbonyl (C=O) groups excluding carboxylic acids is 1. The number of hydrogen-bond acceptors (Lipinski definition) is 5. The number of carbonyl (C=O) groups is 1. The summed E-state index contributed by atoms with van der Waals surface area (Å²) in [5.74, 6) is 0.280. The monoisotopic (exact) mass is 259 g/mol. The first-order valence-electron chi connectivity index (χ1n) is 4.09. The van der Waals surface area contributed by atoms with Gasteiger partial charge in [-0.15, -0.1) is 0 Å². The second kappa shape index (κ2) is 5.54. The van der Waals surface area contributed by atoms with Gasteiger partial charge in [-0.1, -0.05) is 0 Å². The molecule has 0 spiro atoms. The van der Waals surface area contributed by atoms with E-state index in [0.717, 1.165) is 0 Å². The van der Waals surface area contributed by atoms with E-state index < -0.39 is 0 Å². The molecule has 0 saturated carbocycles. The third-order valence-corrected chi connectivity index (χ3v) is 1.79. The molecule has 1 N–H and O–H groups in total. The number of halogens is 1. The topological polar surface area (TPSA) is 64.1 Å². The first-order valence-corrected chi connectivity index (χ1v) is 4.88. The molecule has 1 rings (SSSR count). The molecule has 0 unspecified atom stereocenters. The van der Waals surface area contributed by atoms with Gasteiger partial charge in [0.1, 0.15) is 23.3 Å². The molecule has 0 bridgehead atoms. The maximum Gasteiger partial charge on any atom is 0.325 e. The van der Waals surface area contributed by atoms with Crippen LogP contribution in [0.25, 0.3) is 0 Å². The second-order valence-corrected chi connectivity index (χ2v) is 3.20. The van der Waals surface area contributed by atoms with Crippen LogP contribution in [0.4, 0.5) is 5.82 Å². The summed E-state index contributed by atoms with van der Waals surface area (Å²) in [5, 5.41) is 2.81. The van der Waals surface area contributed by atoms with Gasteiger partial charge in [-0.3, -0.25) is 4.79 Å². The summed E-state index contributed by atoms with van der Waals surface area (Å²) in [6, 6.07) is 1.68. The van der Waals surface area contributed by atoms with Crippen molar-refractivity contribution in [2.75, 3.05) is 18.5 Å². The average Bonchev–Trinajstić information content (AvgIpc) is 2.15. The van der Waals surface area contributed by atoms with Crippen LogP contribution in [-0.4, -0.2) is 29.1 Å². The van der Waals surface area contributed by atoms with Crippen molar-refractivity contribution in [1.82, 2.24) is 9.97 Å². The molecule has 0 radical (unpaired) electrons. The van der Waals surface area contributed by atoms with Gasteiger partial charge in [-0.2, -0.15) is 0 Å². The zero-order chi connectivity index (χ0) is 10.4. The van der Waals surface area contributed by atoms with Gasteiger partial charge in [0.15, 0.2) is 0 Å². The molecule has 1 heterocycles. The SMILES string of the molecule is CCOC(=O)CNc1cc(Br)ncn1. The Bertz CT molecular complexity index is 319. The van der Waals surface area contributed by atoms with Crippen LogP contribution in [0.5, 0.6) is 0 Å². The molecule has 0 aromatic carbocycles. The van der Waals surface area contributed by atoms with Gasteiger partial charge in [0.25, 0.3) is 0 Å². The zero-order valence-electron chi connectivity index (χ0n) is 7.66. The fraction of sp³-hybridized carbons (Fsp3) is 0.375. The van der Waals surface area contributed by atoms with E-state index in [-0.39, 0.29) is 12.5 Å². The fourth-order valence-electron chi connectivity index (χ4n) is 0.805. The Hall–Kier alpha value is -1.17. The standard InChI is InChI=1S/C8H10BrN3O2/c1-2-14-8(13)4-10-7-3-6(9)11-5-12-7/h3,5H,2,4H2,1H3,(H,10,11,12). The van der Waals surface area contributed by atoms with Gasteiger partial charge in [0.05, 0.1) is 6.61 Å². The molecule has 0 atom stereocenters. The number of nitrogens with one attached hydrogen (secondary N) is 1. The maximum atomic E-state index is 11.0. The number of aromatic nitrogens is 2. The lowest BCUT2D eigenvalue weighted by Gasteiger charge is -2.04. The number of anilines is 1. The van der Waals surface area contributed by atoms with Crippen molar-refractivity contribution in [1.29, 1.82) is 0 Å². The van der Waals surface area contributed by atoms with Crippen LogP contribution in [0.15, 0.2) is 17.0 Å². The Balaban J connectivity index is 2.41. The van der Waals surface area contributed by atoms with Crippen molar-refractivity contribution in [2.45, 2.75) is 6.92 Å². The molecule has 6 heteroatoms. The molecule has 76 valence electrons. The van der Waals surface area contributed by atoms with Crippen molar-refractivity contribution in [3.05, 3.63) is 17.0 Å². The molecule has 0 aliphatic carbocycles. The van der Waals surface area contributed by atoms with E-state index in [2.05, 4.69) is 31.2 Å². The van der Waals surface area contributed by atoms with Gasteiger partial charge in [-0.25, -0.2) is 9.97 Å². The number of hydrogen-bond donors (Lipinski definition) is 1. The Labute approximate surface area is 90.0 Å². The molecule has 5 nitrogen and oxygen atoms in total. The van der Waals surface area contributed by atoms with Crippen molar-refractivity contribution in [2.24, 2.45) is 0 Å². The molecule has 0 saturated heterocycles. The van der Waals surface area contributed by atoms with Gasteiger partial charge >= 0.3 is 5.97 Å². The lowest BCUT2D eigenvalue weighted by molar-refractivity contribution is -0.140. The van der Waals surface area contributed by atoms with E-state index in [1.165, 1.54) is 6.33 Å². The third kappa shape index (κ3) is 3.69. The molecule has 0 amide bonds. The lowest BCUT2D eigenvalue weighted by Crippen LogP contribution is -2.17. The van der Waals surface area contributed by atoms with Crippen molar-refractivity contribution in [3.8, 4) is 0 Å². The second-order valence-electron chi connectivity index (χ2n) is 2.38. The summed E-state index contributed by atoms with van der Waals surface area (Å²) in [6.45, 7) is 2.25. The van der Waals surface area contributed by atoms with Gasteiger partial charge in [0.2, 0.25) is 0 Å². The van der Waals surface area contributed by atoms with Crippen molar-refractivity contribution < 1.29 is 9.53 Å². The molecule has 0 fully saturated rings. The Kier molecular flexibility index (Phi) is 4.31. The first kappa shape index (κ1) is 10.9. The molecule has 0 aliphatic heterocycles. The predicted molar refractivity (Wildman–Crippen MR) is 54.9 cm³/mol. The van der Waals surface area contributed by atoms with Crippen LogP contribution in [0.1, 0.15) is 6.92 Å². The summed E-state index contributed by atoms with van der Waals surface area (Å²) in [6.07, 6.45) is 1.40. The Morgan fingerprint density at radius 1 is 1.64 bits per heavy atom. The summed E-state index contributed by atoms with van der Waals surface area (Å²) in [5.41, 5.74) is 0. The minimum absolute atomic E-state index is 0.108. The maximum absolute atomic E-state index is 11.0. The van der Waals surface area contributed by atoms with E-state index in [4.69, 9.17) is 4.74 Å². The lowest BCUT2D eigenvalue weighted by atomic mass is 10.5. The van der Waals surface area contributed by atoms with Gasteiger partial charge in [0, 0.05) is 6.07 Å². The smallest absolute Gasteiger partial charge is 0.325 e. The normalized spacial score (nSPS) is 9.57. The Morgan fingerprint density at radius 2 is 2.43 bits per heavy atom. The Morgan fingerprint density at radius 3 is 3.07 bits per heavy atom. The summed E-state index contributed by atoms with van der Waals surface area (Å²) in [7, 11) is 0. The van der Waals surface area contributed by atoms with E-state index in [0.29, 0.717) is 17.0 Å². The van der Waals surface area contributed by atoms with Crippen LogP contribution in [-0.2, 0) is 9.53 Å². The van der Waals surface area contributed by atoms with E-state index in [1.54, 1.807) is 13.0 Å². The van der Waals surface area contributed by atoms with E-state index in [9.17, 15) is 4.79 Å². The molecule has 14 heavy (non-hydrogen) atoms. The van der Waals surface area contributed by atoms with Crippen molar-refractivity contribution in [3.63, 3.8) is 0 Å². The summed E-state index contributed by atoms with van der Waals surface area (Å²) < 4.78 is 5.40. The van der Waals surface area contributed by atoms with Gasteiger partial charge < -0.3 is 10.1 Å². The quantitative estimate of drug-likeness (QED) is 0.651. The minimum atomic E-state index is -0.303. The summed E-state index contributed by atoms with van der Waals surface area (Å²) >= 11 is 3.19. The van der Waals surface area contributed by atoms with Crippen LogP contribution >= 0.6 is 15.9 Å². The number of esters is 1. The zero-order valence-corrected chi connectivity index (χ0v) is 9.24. The predicted octanol–water partition coefficient (Wildman–Crippen LogP) is 1.21. The van der Waals surface area contributed by atoms with E-state index >= 15 is 0 Å². The largest absolute Gasteiger partial charge is 0.465 e. The van der Waals surface area contributed by atoms with Crippen LogP contribution in [0.3, 0.4) is 0 Å². The fourth-order valence-corrected chi connectivity index (χ4v) is 1.11. The highest BCUT2D eigenvalue weighted by molar-refractivity contribution is 9.10. The van der Waals surface area contributed by atoms with Crippen LogP contribution < -0.4 is 5.32 Å². The molecular weight excluding hydrogens is 250 g/mol. The van der Waals surface area contributed by atoms with E-state index in [1.807, 2.05) is 0 Å². The van der Waals surface area contributed by atoms with Crippen LogP contribution in [0.2, 0.25) is 0 Å². The van der Waals surface area contributed by atoms with Gasteiger partial charge in [-0.05, 0) is 22.9 Å².